The van der Waals surface area contributed by atoms with Crippen molar-refractivity contribution in [2.45, 2.75) is 26.3 Å². The van der Waals surface area contributed by atoms with Crippen LogP contribution in [0, 0.1) is 0 Å². The van der Waals surface area contributed by atoms with Gasteiger partial charge in [0.05, 0.1) is 18.4 Å². The molecule has 1 aromatic heterocycles. The first-order valence-electron chi connectivity index (χ1n) is 7.16. The molecule has 0 saturated heterocycles. The second-order valence-corrected chi connectivity index (χ2v) is 6.17. The minimum Gasteiger partial charge on any atom is -0.464 e. The van der Waals surface area contributed by atoms with E-state index in [1.54, 1.807) is 24.3 Å². The standard InChI is InChI=1S/C17H20N2O4/c1-17(2,3)18-15(20)12-10-13(11-8-6-5-7-9-11)19(22)14(12)16(21)23-4/h5-10,22H,1-4H3,(H,18,20). The highest BCUT2D eigenvalue weighted by molar-refractivity contribution is 6.06. The summed E-state index contributed by atoms with van der Waals surface area (Å²) < 4.78 is 5.38. The number of esters is 1. The number of rotatable bonds is 3. The average molecular weight is 316 g/mol. The fourth-order valence-electron chi connectivity index (χ4n) is 2.19. The van der Waals surface area contributed by atoms with Gasteiger partial charge in [-0.1, -0.05) is 30.3 Å². The molecule has 0 saturated carbocycles. The van der Waals surface area contributed by atoms with Crippen LogP contribution in [0.15, 0.2) is 36.4 Å². The molecule has 0 aliphatic carbocycles. The molecule has 6 nitrogen and oxygen atoms in total. The number of amides is 1. The third-order valence-corrected chi connectivity index (χ3v) is 3.16. The lowest BCUT2D eigenvalue weighted by Crippen LogP contribution is -2.41. The Morgan fingerprint density at radius 2 is 1.78 bits per heavy atom. The highest BCUT2D eigenvalue weighted by atomic mass is 16.5. The Hall–Kier alpha value is -2.76. The van der Waals surface area contributed by atoms with Gasteiger partial charge in [-0.3, -0.25) is 4.79 Å². The van der Waals surface area contributed by atoms with Crippen molar-refractivity contribution in [2.24, 2.45) is 0 Å². The summed E-state index contributed by atoms with van der Waals surface area (Å²) >= 11 is 0. The van der Waals surface area contributed by atoms with E-state index < -0.39 is 17.4 Å². The fourth-order valence-corrected chi connectivity index (χ4v) is 2.19. The predicted octanol–water partition coefficient (Wildman–Crippen LogP) is 2.71. The molecule has 2 N–H and O–H groups in total. The molecule has 0 atom stereocenters. The van der Waals surface area contributed by atoms with Gasteiger partial charge >= 0.3 is 5.97 Å². The number of carbonyl (C=O) groups excluding carboxylic acids is 2. The van der Waals surface area contributed by atoms with E-state index in [1.807, 2.05) is 26.8 Å². The van der Waals surface area contributed by atoms with Gasteiger partial charge in [0.15, 0.2) is 5.69 Å². The zero-order valence-electron chi connectivity index (χ0n) is 13.6. The van der Waals surface area contributed by atoms with Gasteiger partial charge in [0.2, 0.25) is 0 Å². The fraction of sp³-hybridized carbons (Fsp3) is 0.294. The molecule has 0 radical (unpaired) electrons. The lowest BCUT2D eigenvalue weighted by Gasteiger charge is -2.20. The lowest BCUT2D eigenvalue weighted by molar-refractivity contribution is 0.0544. The molecule has 0 aliphatic heterocycles. The topological polar surface area (TPSA) is 80.6 Å². The van der Waals surface area contributed by atoms with Crippen molar-refractivity contribution < 1.29 is 19.5 Å². The Labute approximate surface area is 134 Å². The molecule has 2 rings (SSSR count). The van der Waals surface area contributed by atoms with Crippen molar-refractivity contribution in [3.8, 4) is 11.3 Å². The summed E-state index contributed by atoms with van der Waals surface area (Å²) in [4.78, 5) is 24.4. The maximum atomic E-state index is 12.5. The summed E-state index contributed by atoms with van der Waals surface area (Å²) in [5.41, 5.74) is 0.399. The Kier molecular flexibility index (Phi) is 4.45. The van der Waals surface area contributed by atoms with Gasteiger partial charge in [-0.15, -0.1) is 0 Å². The molecule has 1 heterocycles. The number of hydrogen-bond donors (Lipinski definition) is 2. The van der Waals surface area contributed by atoms with Gasteiger partial charge in [0.1, 0.15) is 0 Å². The van der Waals surface area contributed by atoms with E-state index in [0.717, 1.165) is 0 Å². The number of nitrogens with one attached hydrogen (secondary N) is 1. The maximum absolute atomic E-state index is 12.5. The Balaban J connectivity index is 2.57. The molecular weight excluding hydrogens is 296 g/mol. The SMILES string of the molecule is COC(=O)c1c(C(=O)NC(C)(C)C)cc(-c2ccccc2)n1O. The third kappa shape index (κ3) is 3.53. The number of aromatic nitrogens is 1. The second-order valence-electron chi connectivity index (χ2n) is 6.17. The van der Waals surface area contributed by atoms with Crippen molar-refractivity contribution in [1.82, 2.24) is 10.0 Å². The van der Waals surface area contributed by atoms with E-state index >= 15 is 0 Å². The number of carbonyl (C=O) groups is 2. The predicted molar refractivity (Wildman–Crippen MR) is 85.6 cm³/mol. The molecule has 0 fully saturated rings. The summed E-state index contributed by atoms with van der Waals surface area (Å²) in [5.74, 6) is -1.24. The minimum atomic E-state index is -0.784. The molecule has 0 spiro atoms. The zero-order chi connectivity index (χ0) is 17.2. The number of benzene rings is 1. The van der Waals surface area contributed by atoms with E-state index in [1.165, 1.54) is 13.2 Å². The molecule has 0 aliphatic rings. The van der Waals surface area contributed by atoms with Gasteiger partial charge in [-0.05, 0) is 26.8 Å². The molecule has 0 unspecified atom stereocenters. The van der Waals surface area contributed by atoms with Gasteiger partial charge < -0.3 is 15.3 Å². The van der Waals surface area contributed by atoms with Crippen LogP contribution in [-0.2, 0) is 4.74 Å². The number of methoxy groups -OCH3 is 1. The van der Waals surface area contributed by atoms with Crippen LogP contribution in [-0.4, -0.2) is 34.5 Å². The monoisotopic (exact) mass is 316 g/mol. The quantitative estimate of drug-likeness (QED) is 0.674. The van der Waals surface area contributed by atoms with E-state index in [9.17, 15) is 14.8 Å². The van der Waals surface area contributed by atoms with Crippen molar-refractivity contribution >= 4 is 11.9 Å². The molecule has 1 amide bonds. The van der Waals surface area contributed by atoms with Crippen LogP contribution in [0.1, 0.15) is 41.6 Å². The van der Waals surface area contributed by atoms with Gasteiger partial charge in [0.25, 0.3) is 5.91 Å². The Morgan fingerprint density at radius 3 is 2.30 bits per heavy atom. The van der Waals surface area contributed by atoms with E-state index in [4.69, 9.17) is 0 Å². The third-order valence-electron chi connectivity index (χ3n) is 3.16. The molecule has 1 aromatic carbocycles. The summed E-state index contributed by atoms with van der Waals surface area (Å²) in [5, 5.41) is 13.1. The summed E-state index contributed by atoms with van der Waals surface area (Å²) in [6, 6.07) is 10.5. The van der Waals surface area contributed by atoms with Gasteiger partial charge in [-0.2, -0.15) is 4.73 Å². The molecule has 2 aromatic rings. The van der Waals surface area contributed by atoms with Crippen molar-refractivity contribution in [3.05, 3.63) is 47.7 Å². The summed E-state index contributed by atoms with van der Waals surface area (Å²) in [7, 11) is 1.20. The molecular formula is C17H20N2O4. The van der Waals surface area contributed by atoms with Crippen LogP contribution < -0.4 is 5.32 Å². The van der Waals surface area contributed by atoms with Crippen molar-refractivity contribution in [1.29, 1.82) is 0 Å². The normalized spacial score (nSPS) is 11.1. The van der Waals surface area contributed by atoms with Gasteiger partial charge in [0, 0.05) is 11.1 Å². The van der Waals surface area contributed by atoms with Gasteiger partial charge in [-0.25, -0.2) is 4.79 Å². The van der Waals surface area contributed by atoms with E-state index in [0.29, 0.717) is 16.0 Å². The first kappa shape index (κ1) is 16.6. The summed E-state index contributed by atoms with van der Waals surface area (Å²) in [6.07, 6.45) is 0. The first-order valence-corrected chi connectivity index (χ1v) is 7.16. The zero-order valence-corrected chi connectivity index (χ0v) is 13.6. The maximum Gasteiger partial charge on any atom is 0.359 e. The second kappa shape index (κ2) is 6.16. The number of hydrogen-bond acceptors (Lipinski definition) is 4. The molecule has 23 heavy (non-hydrogen) atoms. The highest BCUT2D eigenvalue weighted by Gasteiger charge is 2.28. The van der Waals surface area contributed by atoms with Crippen LogP contribution in [0.3, 0.4) is 0 Å². The largest absolute Gasteiger partial charge is 0.464 e. The lowest BCUT2D eigenvalue weighted by atomic mass is 10.1. The summed E-state index contributed by atoms with van der Waals surface area (Å²) in [6.45, 7) is 5.49. The van der Waals surface area contributed by atoms with Crippen LogP contribution >= 0.6 is 0 Å². The van der Waals surface area contributed by atoms with Crippen LogP contribution in [0.2, 0.25) is 0 Å². The highest BCUT2D eigenvalue weighted by Crippen LogP contribution is 2.26. The molecule has 0 bridgehead atoms. The van der Waals surface area contributed by atoms with Crippen molar-refractivity contribution in [3.63, 3.8) is 0 Å². The Bertz CT molecular complexity index is 727. The van der Waals surface area contributed by atoms with E-state index in [-0.39, 0.29) is 11.3 Å². The van der Waals surface area contributed by atoms with Crippen LogP contribution in [0.5, 0.6) is 0 Å². The van der Waals surface area contributed by atoms with E-state index in [2.05, 4.69) is 10.1 Å². The van der Waals surface area contributed by atoms with Crippen LogP contribution in [0.4, 0.5) is 0 Å². The van der Waals surface area contributed by atoms with Crippen molar-refractivity contribution in [2.75, 3.05) is 7.11 Å². The number of ether oxygens (including phenoxy) is 1. The Morgan fingerprint density at radius 1 is 1.17 bits per heavy atom. The number of nitrogens with zero attached hydrogens (tertiary/aromatic N) is 1. The molecule has 122 valence electrons. The molecule has 6 heteroatoms. The first-order chi connectivity index (χ1) is 10.7. The average Bonchev–Trinajstić information content (AvgIpc) is 2.83. The minimum absolute atomic E-state index is 0.0631. The van der Waals surface area contributed by atoms with Crippen LogP contribution in [0.25, 0.3) is 11.3 Å². The smallest absolute Gasteiger partial charge is 0.359 e.